The van der Waals surface area contributed by atoms with E-state index in [2.05, 4.69) is 16.3 Å². The molecule has 4 nitrogen and oxygen atoms in total. The van der Waals surface area contributed by atoms with Crippen molar-refractivity contribution in [1.29, 1.82) is 0 Å². The van der Waals surface area contributed by atoms with Crippen molar-refractivity contribution in [2.24, 2.45) is 5.73 Å². The second-order valence-electron chi connectivity index (χ2n) is 3.89. The summed E-state index contributed by atoms with van der Waals surface area (Å²) in [5, 5.41) is 7.97. The monoisotopic (exact) mass is 229 g/mol. The third kappa shape index (κ3) is 2.60. The first kappa shape index (κ1) is 11.5. The highest BCUT2D eigenvalue weighted by molar-refractivity contribution is 5.30. The molecule has 2 aromatic rings. The van der Waals surface area contributed by atoms with Crippen molar-refractivity contribution in [3.05, 3.63) is 53.2 Å². The van der Waals surface area contributed by atoms with Crippen molar-refractivity contribution in [3.8, 4) is 5.88 Å². The van der Waals surface area contributed by atoms with E-state index in [1.807, 2.05) is 31.2 Å². The lowest BCUT2D eigenvalue weighted by atomic mass is 10.0. The molecule has 4 heteroatoms. The number of methoxy groups -OCH3 is 1. The highest BCUT2D eigenvalue weighted by Crippen LogP contribution is 2.19. The first-order chi connectivity index (χ1) is 8.20. The maximum Gasteiger partial charge on any atom is 0.233 e. The van der Waals surface area contributed by atoms with Crippen LogP contribution >= 0.6 is 0 Å². The molecule has 0 spiro atoms. The number of nitrogens with zero attached hydrogens (tertiary/aromatic N) is 2. The molecule has 0 saturated carbocycles. The van der Waals surface area contributed by atoms with Crippen LogP contribution in [-0.4, -0.2) is 17.3 Å². The topological polar surface area (TPSA) is 61.0 Å². The number of rotatable bonds is 3. The zero-order valence-corrected chi connectivity index (χ0v) is 9.92. The molecule has 0 aliphatic carbocycles. The first-order valence-electron chi connectivity index (χ1n) is 5.40. The normalized spacial score (nSPS) is 12.2. The molecule has 88 valence electrons. The minimum Gasteiger partial charge on any atom is -0.480 e. The van der Waals surface area contributed by atoms with Crippen LogP contribution in [0.4, 0.5) is 0 Å². The van der Waals surface area contributed by atoms with Gasteiger partial charge in [-0.2, -0.15) is 0 Å². The molecule has 2 N–H and O–H groups in total. The summed E-state index contributed by atoms with van der Waals surface area (Å²) in [5.41, 5.74) is 9.08. The Hall–Kier alpha value is -1.94. The Labute approximate surface area is 100 Å². The smallest absolute Gasteiger partial charge is 0.233 e. The van der Waals surface area contributed by atoms with Crippen molar-refractivity contribution >= 4 is 0 Å². The standard InChI is InChI=1S/C13H15N3O/c1-9-4-3-5-10(8-9)13(14)11-6-7-12(17-2)16-15-11/h3-8,13H,14H2,1-2H3. The van der Waals surface area contributed by atoms with Crippen molar-refractivity contribution in [2.45, 2.75) is 13.0 Å². The molecule has 0 aliphatic rings. The number of aryl methyl sites for hydroxylation is 1. The van der Waals surface area contributed by atoms with Gasteiger partial charge in [0.05, 0.1) is 18.8 Å². The SMILES string of the molecule is COc1ccc(C(N)c2cccc(C)c2)nn1. The van der Waals surface area contributed by atoms with Crippen molar-refractivity contribution in [2.75, 3.05) is 7.11 Å². The van der Waals surface area contributed by atoms with E-state index in [9.17, 15) is 0 Å². The molecule has 1 aromatic heterocycles. The number of ether oxygens (including phenoxy) is 1. The van der Waals surface area contributed by atoms with Gasteiger partial charge in [-0.05, 0) is 18.6 Å². The van der Waals surface area contributed by atoms with E-state index in [1.165, 1.54) is 5.56 Å². The Morgan fingerprint density at radius 1 is 1.18 bits per heavy atom. The number of hydrogen-bond acceptors (Lipinski definition) is 4. The molecule has 1 aromatic carbocycles. The summed E-state index contributed by atoms with van der Waals surface area (Å²) in [4.78, 5) is 0. The lowest BCUT2D eigenvalue weighted by molar-refractivity contribution is 0.390. The fourth-order valence-corrected chi connectivity index (χ4v) is 1.64. The maximum atomic E-state index is 6.13. The summed E-state index contributed by atoms with van der Waals surface area (Å²) >= 11 is 0. The maximum absolute atomic E-state index is 6.13. The van der Waals surface area contributed by atoms with E-state index >= 15 is 0 Å². The van der Waals surface area contributed by atoms with Gasteiger partial charge in [0.1, 0.15) is 0 Å². The molecule has 0 bridgehead atoms. The molecule has 0 radical (unpaired) electrons. The Morgan fingerprint density at radius 3 is 2.59 bits per heavy atom. The van der Waals surface area contributed by atoms with Crippen LogP contribution in [0.1, 0.15) is 22.9 Å². The van der Waals surface area contributed by atoms with Crippen LogP contribution in [0.15, 0.2) is 36.4 Å². The minimum absolute atomic E-state index is 0.256. The zero-order valence-electron chi connectivity index (χ0n) is 9.92. The molecule has 1 unspecified atom stereocenters. The van der Waals surface area contributed by atoms with Crippen molar-refractivity contribution < 1.29 is 4.74 Å². The Kier molecular flexibility index (Phi) is 3.35. The van der Waals surface area contributed by atoms with Gasteiger partial charge in [-0.1, -0.05) is 29.8 Å². The summed E-state index contributed by atoms with van der Waals surface area (Å²) in [6.45, 7) is 2.04. The van der Waals surface area contributed by atoms with Gasteiger partial charge in [0.25, 0.3) is 0 Å². The highest BCUT2D eigenvalue weighted by Gasteiger charge is 2.11. The van der Waals surface area contributed by atoms with E-state index in [4.69, 9.17) is 10.5 Å². The lowest BCUT2D eigenvalue weighted by Gasteiger charge is -2.11. The van der Waals surface area contributed by atoms with Gasteiger partial charge >= 0.3 is 0 Å². The van der Waals surface area contributed by atoms with E-state index < -0.39 is 0 Å². The molecule has 0 fully saturated rings. The fourth-order valence-electron chi connectivity index (χ4n) is 1.64. The summed E-state index contributed by atoms with van der Waals surface area (Å²) < 4.78 is 4.96. The van der Waals surface area contributed by atoms with Gasteiger partial charge in [0.15, 0.2) is 0 Å². The lowest BCUT2D eigenvalue weighted by Crippen LogP contribution is -2.14. The van der Waals surface area contributed by atoms with Crippen molar-refractivity contribution in [1.82, 2.24) is 10.2 Å². The highest BCUT2D eigenvalue weighted by atomic mass is 16.5. The average molecular weight is 229 g/mol. The number of aromatic nitrogens is 2. The molecule has 1 heterocycles. The third-order valence-electron chi connectivity index (χ3n) is 2.59. The quantitative estimate of drug-likeness (QED) is 0.872. The summed E-state index contributed by atoms with van der Waals surface area (Å²) in [7, 11) is 1.56. The second kappa shape index (κ2) is 4.93. The average Bonchev–Trinajstić information content (AvgIpc) is 2.38. The van der Waals surface area contributed by atoms with E-state index in [-0.39, 0.29) is 6.04 Å². The van der Waals surface area contributed by atoms with Gasteiger partial charge in [-0.15, -0.1) is 10.2 Å². The molecular formula is C13H15N3O. The molecule has 0 aliphatic heterocycles. The molecule has 17 heavy (non-hydrogen) atoms. The van der Waals surface area contributed by atoms with Crippen LogP contribution in [-0.2, 0) is 0 Å². The molecule has 0 amide bonds. The van der Waals surface area contributed by atoms with Crippen LogP contribution in [0.25, 0.3) is 0 Å². The third-order valence-corrected chi connectivity index (χ3v) is 2.59. The van der Waals surface area contributed by atoms with Crippen LogP contribution in [0.3, 0.4) is 0 Å². The van der Waals surface area contributed by atoms with Gasteiger partial charge in [-0.3, -0.25) is 0 Å². The largest absolute Gasteiger partial charge is 0.480 e. The van der Waals surface area contributed by atoms with Gasteiger partial charge < -0.3 is 10.5 Å². The number of benzene rings is 1. The van der Waals surface area contributed by atoms with Crippen LogP contribution in [0, 0.1) is 6.92 Å². The molecule has 0 saturated heterocycles. The first-order valence-corrected chi connectivity index (χ1v) is 5.40. The molecule has 2 rings (SSSR count). The minimum atomic E-state index is -0.256. The summed E-state index contributed by atoms with van der Waals surface area (Å²) in [6, 6.07) is 11.4. The summed E-state index contributed by atoms with van der Waals surface area (Å²) in [6.07, 6.45) is 0. The number of hydrogen-bond donors (Lipinski definition) is 1. The van der Waals surface area contributed by atoms with Gasteiger partial charge in [-0.25, -0.2) is 0 Å². The van der Waals surface area contributed by atoms with E-state index in [0.717, 1.165) is 11.3 Å². The Balaban J connectivity index is 2.27. The van der Waals surface area contributed by atoms with Gasteiger partial charge in [0.2, 0.25) is 5.88 Å². The fraction of sp³-hybridized carbons (Fsp3) is 0.231. The summed E-state index contributed by atoms with van der Waals surface area (Å²) in [5.74, 6) is 0.491. The Bertz CT molecular complexity index is 496. The number of nitrogens with two attached hydrogens (primary N) is 1. The van der Waals surface area contributed by atoms with Crippen LogP contribution in [0.2, 0.25) is 0 Å². The zero-order chi connectivity index (χ0) is 12.3. The van der Waals surface area contributed by atoms with E-state index in [0.29, 0.717) is 5.88 Å². The van der Waals surface area contributed by atoms with Gasteiger partial charge in [0, 0.05) is 6.07 Å². The molecule has 1 atom stereocenters. The molecular weight excluding hydrogens is 214 g/mol. The predicted molar refractivity (Wildman–Crippen MR) is 65.8 cm³/mol. The second-order valence-corrected chi connectivity index (χ2v) is 3.89. The van der Waals surface area contributed by atoms with Crippen molar-refractivity contribution in [3.63, 3.8) is 0 Å². The van der Waals surface area contributed by atoms with E-state index in [1.54, 1.807) is 13.2 Å². The predicted octanol–water partition coefficient (Wildman–Crippen LogP) is 1.84. The Morgan fingerprint density at radius 2 is 2.00 bits per heavy atom. The van der Waals surface area contributed by atoms with Crippen LogP contribution < -0.4 is 10.5 Å². The van der Waals surface area contributed by atoms with Crippen LogP contribution in [0.5, 0.6) is 5.88 Å².